The number of nitrogens with one attached hydrogen (secondary N) is 1. The molecule has 18 heavy (non-hydrogen) atoms. The minimum Gasteiger partial charge on any atom is -0.459 e. The summed E-state index contributed by atoms with van der Waals surface area (Å²) in [7, 11) is 0. The highest BCUT2D eigenvalue weighted by molar-refractivity contribution is 5.95. The van der Waals surface area contributed by atoms with Gasteiger partial charge in [-0.3, -0.25) is 9.59 Å². The minimum absolute atomic E-state index is 0.0189. The molecule has 0 unspecified atom stereocenters. The Labute approximate surface area is 106 Å². The summed E-state index contributed by atoms with van der Waals surface area (Å²) in [6, 6.07) is 2.71. The number of furan rings is 1. The van der Waals surface area contributed by atoms with E-state index in [1.807, 2.05) is 4.90 Å². The van der Waals surface area contributed by atoms with Gasteiger partial charge in [-0.15, -0.1) is 0 Å². The molecule has 1 aliphatic rings. The average Bonchev–Trinajstić information content (AvgIpc) is 2.92. The maximum absolute atomic E-state index is 12.1. The van der Waals surface area contributed by atoms with E-state index in [-0.39, 0.29) is 17.6 Å². The smallest absolute Gasteiger partial charge is 0.287 e. The Kier molecular flexibility index (Phi) is 4.02. The molecule has 2 amide bonds. The first-order valence-electron chi connectivity index (χ1n) is 6.31. The van der Waals surface area contributed by atoms with Crippen molar-refractivity contribution in [2.45, 2.75) is 32.2 Å². The summed E-state index contributed by atoms with van der Waals surface area (Å²) in [4.78, 5) is 25.6. The summed E-state index contributed by atoms with van der Waals surface area (Å²) in [6.07, 6.45) is 4.71. The van der Waals surface area contributed by atoms with Crippen molar-refractivity contribution in [3.8, 4) is 0 Å². The number of carbonyl (C=O) groups excluding carboxylic acids is 2. The van der Waals surface area contributed by atoms with Gasteiger partial charge < -0.3 is 14.6 Å². The Hall–Kier alpha value is -1.78. The first-order valence-corrected chi connectivity index (χ1v) is 6.31. The second-order valence-electron chi connectivity index (χ2n) is 4.56. The fraction of sp³-hybridized carbons (Fsp3) is 0.538. The van der Waals surface area contributed by atoms with Gasteiger partial charge in [0.05, 0.1) is 6.26 Å². The molecule has 1 aliphatic heterocycles. The van der Waals surface area contributed by atoms with E-state index in [9.17, 15) is 9.59 Å². The number of rotatable bonds is 3. The van der Waals surface area contributed by atoms with E-state index in [1.54, 1.807) is 19.1 Å². The maximum atomic E-state index is 12.1. The first kappa shape index (κ1) is 12.7. The van der Waals surface area contributed by atoms with Crippen molar-refractivity contribution in [2.24, 2.45) is 0 Å². The van der Waals surface area contributed by atoms with Gasteiger partial charge in [0.25, 0.3) is 5.91 Å². The Bertz CT molecular complexity index is 408. The van der Waals surface area contributed by atoms with Crippen LogP contribution in [0.2, 0.25) is 0 Å². The lowest BCUT2D eigenvalue weighted by atomic mass is 10.1. The molecule has 1 saturated heterocycles. The summed E-state index contributed by atoms with van der Waals surface area (Å²) < 4.78 is 4.98. The van der Waals surface area contributed by atoms with Gasteiger partial charge in [-0.25, -0.2) is 0 Å². The normalized spacial score (nSPS) is 17.3. The van der Waals surface area contributed by atoms with Gasteiger partial charge in [-0.1, -0.05) is 0 Å². The summed E-state index contributed by atoms with van der Waals surface area (Å²) in [5.74, 6) is -0.138. The number of carbonyl (C=O) groups is 2. The minimum atomic E-state index is -0.513. The monoisotopic (exact) mass is 250 g/mol. The predicted molar refractivity (Wildman–Crippen MR) is 66.1 cm³/mol. The van der Waals surface area contributed by atoms with Gasteiger partial charge in [0, 0.05) is 13.1 Å². The first-order chi connectivity index (χ1) is 8.68. The standard InChI is InChI=1S/C13H18N2O3/c1-10(13(17)15-7-3-2-4-8-15)14-12(16)11-6-5-9-18-11/h5-6,9-10H,2-4,7-8H2,1H3,(H,14,16)/t10-/m0/s1. The SMILES string of the molecule is C[C@H](NC(=O)c1ccco1)C(=O)N1CCCCC1. The molecule has 1 aromatic heterocycles. The van der Waals surface area contributed by atoms with E-state index in [0.717, 1.165) is 25.9 Å². The fourth-order valence-electron chi connectivity index (χ4n) is 2.13. The molecule has 98 valence electrons. The third kappa shape index (κ3) is 2.91. The zero-order valence-electron chi connectivity index (χ0n) is 10.5. The zero-order chi connectivity index (χ0) is 13.0. The van der Waals surface area contributed by atoms with Gasteiger partial charge in [-0.05, 0) is 38.3 Å². The summed E-state index contributed by atoms with van der Waals surface area (Å²) in [5.41, 5.74) is 0. The largest absolute Gasteiger partial charge is 0.459 e. The Morgan fingerprint density at radius 3 is 2.67 bits per heavy atom. The molecule has 1 atom stereocenters. The van der Waals surface area contributed by atoms with E-state index in [4.69, 9.17) is 4.42 Å². The van der Waals surface area contributed by atoms with Crippen LogP contribution in [0.1, 0.15) is 36.7 Å². The molecule has 0 saturated carbocycles. The predicted octanol–water partition coefficient (Wildman–Crippen LogP) is 1.41. The van der Waals surface area contributed by atoms with Crippen LogP contribution in [-0.4, -0.2) is 35.8 Å². The molecule has 5 nitrogen and oxygen atoms in total. The molecule has 0 spiro atoms. The van der Waals surface area contributed by atoms with Crippen molar-refractivity contribution in [3.63, 3.8) is 0 Å². The number of piperidine rings is 1. The van der Waals surface area contributed by atoms with Crippen molar-refractivity contribution in [2.75, 3.05) is 13.1 Å². The molecule has 2 heterocycles. The molecule has 5 heteroatoms. The summed E-state index contributed by atoms with van der Waals surface area (Å²) in [5, 5.41) is 2.66. The number of hydrogen-bond acceptors (Lipinski definition) is 3. The molecule has 1 aromatic rings. The lowest BCUT2D eigenvalue weighted by Crippen LogP contribution is -2.48. The van der Waals surface area contributed by atoms with Crippen LogP contribution in [-0.2, 0) is 4.79 Å². The highest BCUT2D eigenvalue weighted by atomic mass is 16.3. The lowest BCUT2D eigenvalue weighted by molar-refractivity contribution is -0.133. The Morgan fingerprint density at radius 1 is 1.33 bits per heavy atom. The Morgan fingerprint density at radius 2 is 2.06 bits per heavy atom. The van der Waals surface area contributed by atoms with Crippen LogP contribution in [0.3, 0.4) is 0 Å². The van der Waals surface area contributed by atoms with Crippen LogP contribution in [0, 0.1) is 0 Å². The van der Waals surface area contributed by atoms with E-state index >= 15 is 0 Å². The number of hydrogen-bond donors (Lipinski definition) is 1. The van der Waals surface area contributed by atoms with Gasteiger partial charge in [0.15, 0.2) is 5.76 Å². The van der Waals surface area contributed by atoms with Crippen LogP contribution in [0.4, 0.5) is 0 Å². The van der Waals surface area contributed by atoms with E-state index in [1.165, 1.54) is 12.7 Å². The third-order valence-electron chi connectivity index (χ3n) is 3.13. The molecular weight excluding hydrogens is 232 g/mol. The topological polar surface area (TPSA) is 62.6 Å². The number of amides is 2. The second kappa shape index (κ2) is 5.71. The fourth-order valence-corrected chi connectivity index (χ4v) is 2.13. The summed E-state index contributed by atoms with van der Waals surface area (Å²) >= 11 is 0. The zero-order valence-corrected chi connectivity index (χ0v) is 10.5. The number of likely N-dealkylation sites (tertiary alicyclic amines) is 1. The van der Waals surface area contributed by atoms with Crippen LogP contribution in [0.25, 0.3) is 0 Å². The quantitative estimate of drug-likeness (QED) is 0.882. The van der Waals surface area contributed by atoms with E-state index in [2.05, 4.69) is 5.32 Å². The molecular formula is C13H18N2O3. The summed E-state index contributed by atoms with van der Waals surface area (Å²) in [6.45, 7) is 3.29. The Balaban J connectivity index is 1.88. The van der Waals surface area contributed by atoms with Gasteiger partial charge in [-0.2, -0.15) is 0 Å². The van der Waals surface area contributed by atoms with Crippen molar-refractivity contribution in [1.82, 2.24) is 10.2 Å². The van der Waals surface area contributed by atoms with Crippen LogP contribution >= 0.6 is 0 Å². The van der Waals surface area contributed by atoms with Gasteiger partial charge >= 0.3 is 0 Å². The van der Waals surface area contributed by atoms with Gasteiger partial charge in [0.2, 0.25) is 5.91 Å². The maximum Gasteiger partial charge on any atom is 0.287 e. The molecule has 2 rings (SSSR count). The third-order valence-corrected chi connectivity index (χ3v) is 3.13. The molecule has 1 N–H and O–H groups in total. The van der Waals surface area contributed by atoms with Crippen molar-refractivity contribution in [3.05, 3.63) is 24.2 Å². The van der Waals surface area contributed by atoms with E-state index in [0.29, 0.717) is 0 Å². The van der Waals surface area contributed by atoms with Crippen LogP contribution in [0.15, 0.2) is 22.8 Å². The molecule has 0 bridgehead atoms. The second-order valence-corrected chi connectivity index (χ2v) is 4.56. The van der Waals surface area contributed by atoms with Crippen molar-refractivity contribution in [1.29, 1.82) is 0 Å². The van der Waals surface area contributed by atoms with Crippen LogP contribution in [0.5, 0.6) is 0 Å². The van der Waals surface area contributed by atoms with Gasteiger partial charge in [0.1, 0.15) is 6.04 Å². The molecule has 1 fully saturated rings. The van der Waals surface area contributed by atoms with Crippen LogP contribution < -0.4 is 5.32 Å². The molecule has 0 radical (unpaired) electrons. The molecule has 0 aliphatic carbocycles. The van der Waals surface area contributed by atoms with E-state index < -0.39 is 6.04 Å². The highest BCUT2D eigenvalue weighted by Crippen LogP contribution is 2.10. The average molecular weight is 250 g/mol. The lowest BCUT2D eigenvalue weighted by Gasteiger charge is -2.29. The highest BCUT2D eigenvalue weighted by Gasteiger charge is 2.24. The number of nitrogens with zero attached hydrogens (tertiary/aromatic N) is 1. The van der Waals surface area contributed by atoms with Crippen molar-refractivity contribution >= 4 is 11.8 Å². The molecule has 0 aromatic carbocycles. The van der Waals surface area contributed by atoms with Crippen molar-refractivity contribution < 1.29 is 14.0 Å².